The summed E-state index contributed by atoms with van der Waals surface area (Å²) in [6.45, 7) is 1.29. The molecule has 0 spiro atoms. The van der Waals surface area contributed by atoms with Gasteiger partial charge in [-0.15, -0.1) is 0 Å². The maximum Gasteiger partial charge on any atom is 0.317 e. The first kappa shape index (κ1) is 14.2. The van der Waals surface area contributed by atoms with Crippen LogP contribution in [0.3, 0.4) is 0 Å². The van der Waals surface area contributed by atoms with Gasteiger partial charge in [0, 0.05) is 25.0 Å². The predicted octanol–water partition coefficient (Wildman–Crippen LogP) is 1.62. The summed E-state index contributed by atoms with van der Waals surface area (Å²) in [4.78, 5) is 25.1. The van der Waals surface area contributed by atoms with Gasteiger partial charge in [0.05, 0.1) is 0 Å². The van der Waals surface area contributed by atoms with Crippen molar-refractivity contribution in [2.24, 2.45) is 11.7 Å². The molecule has 108 valence electrons. The number of primary amides is 1. The van der Waals surface area contributed by atoms with Crippen LogP contribution in [-0.4, -0.2) is 36.0 Å². The van der Waals surface area contributed by atoms with E-state index in [2.05, 4.69) is 5.32 Å². The summed E-state index contributed by atoms with van der Waals surface area (Å²) in [5.41, 5.74) is 5.30. The molecule has 2 rings (SSSR count). The highest BCUT2D eigenvalue weighted by atomic mass is 16.2. The third-order valence-electron chi connectivity index (χ3n) is 4.37. The standard InChI is InChI=1S/C14H25N3O2/c15-13(18)11-7-9-17(10-8-11)14(19)16-12-5-3-1-2-4-6-12/h11-12H,1-10H2,(H2,15,18)(H,16,19). The summed E-state index contributed by atoms with van der Waals surface area (Å²) in [6.07, 6.45) is 8.62. The summed E-state index contributed by atoms with van der Waals surface area (Å²) < 4.78 is 0. The molecule has 1 aliphatic carbocycles. The van der Waals surface area contributed by atoms with E-state index in [1.54, 1.807) is 0 Å². The molecule has 0 bridgehead atoms. The number of rotatable bonds is 2. The highest BCUT2D eigenvalue weighted by Crippen LogP contribution is 2.19. The Kier molecular flexibility index (Phi) is 5.05. The van der Waals surface area contributed by atoms with Crippen molar-refractivity contribution in [1.82, 2.24) is 10.2 Å². The molecule has 0 aromatic rings. The lowest BCUT2D eigenvalue weighted by molar-refractivity contribution is -0.123. The lowest BCUT2D eigenvalue weighted by Gasteiger charge is -2.32. The number of urea groups is 1. The number of amides is 3. The lowest BCUT2D eigenvalue weighted by atomic mass is 9.96. The Hall–Kier alpha value is -1.26. The van der Waals surface area contributed by atoms with Gasteiger partial charge in [0.1, 0.15) is 0 Å². The number of nitrogens with two attached hydrogens (primary N) is 1. The number of nitrogens with one attached hydrogen (secondary N) is 1. The van der Waals surface area contributed by atoms with Crippen LogP contribution in [0.2, 0.25) is 0 Å². The van der Waals surface area contributed by atoms with Crippen LogP contribution in [0.5, 0.6) is 0 Å². The van der Waals surface area contributed by atoms with Crippen LogP contribution in [-0.2, 0) is 4.79 Å². The molecular formula is C14H25N3O2. The highest BCUT2D eigenvalue weighted by Gasteiger charge is 2.26. The van der Waals surface area contributed by atoms with Gasteiger partial charge in [0.25, 0.3) is 0 Å². The zero-order valence-corrected chi connectivity index (χ0v) is 11.6. The molecule has 5 heteroatoms. The fourth-order valence-electron chi connectivity index (χ4n) is 3.06. The minimum absolute atomic E-state index is 0.0369. The van der Waals surface area contributed by atoms with Crippen molar-refractivity contribution in [3.63, 3.8) is 0 Å². The van der Waals surface area contributed by atoms with Crippen molar-refractivity contribution in [2.75, 3.05) is 13.1 Å². The van der Waals surface area contributed by atoms with E-state index in [4.69, 9.17) is 5.73 Å². The quantitative estimate of drug-likeness (QED) is 0.746. The van der Waals surface area contributed by atoms with E-state index in [0.717, 1.165) is 12.8 Å². The Bertz CT molecular complexity index is 317. The normalized spacial score (nSPS) is 22.8. The van der Waals surface area contributed by atoms with E-state index in [1.807, 2.05) is 4.90 Å². The second kappa shape index (κ2) is 6.78. The van der Waals surface area contributed by atoms with Crippen LogP contribution in [0.1, 0.15) is 51.4 Å². The van der Waals surface area contributed by atoms with Crippen LogP contribution < -0.4 is 11.1 Å². The van der Waals surface area contributed by atoms with Crippen molar-refractivity contribution in [2.45, 2.75) is 57.4 Å². The average molecular weight is 267 g/mol. The minimum atomic E-state index is -0.233. The number of hydrogen-bond donors (Lipinski definition) is 2. The van der Waals surface area contributed by atoms with Gasteiger partial charge >= 0.3 is 6.03 Å². The number of nitrogens with zero attached hydrogens (tertiary/aromatic N) is 1. The first-order valence-corrected chi connectivity index (χ1v) is 7.51. The number of hydrogen-bond acceptors (Lipinski definition) is 2. The minimum Gasteiger partial charge on any atom is -0.369 e. The molecule has 3 amide bonds. The first-order chi connectivity index (χ1) is 9.16. The molecule has 1 aliphatic heterocycles. The molecular weight excluding hydrogens is 242 g/mol. The van der Waals surface area contributed by atoms with E-state index in [1.165, 1.54) is 25.7 Å². The third-order valence-corrected chi connectivity index (χ3v) is 4.37. The molecule has 19 heavy (non-hydrogen) atoms. The van der Waals surface area contributed by atoms with E-state index in [9.17, 15) is 9.59 Å². The fraction of sp³-hybridized carbons (Fsp3) is 0.857. The SMILES string of the molecule is NC(=O)C1CCN(C(=O)NC2CCCCCC2)CC1. The van der Waals surface area contributed by atoms with Crippen molar-refractivity contribution >= 4 is 11.9 Å². The summed E-state index contributed by atoms with van der Waals surface area (Å²) >= 11 is 0. The molecule has 0 unspecified atom stereocenters. The summed E-state index contributed by atoms with van der Waals surface area (Å²) in [6, 6.07) is 0.374. The third kappa shape index (κ3) is 4.11. The van der Waals surface area contributed by atoms with Crippen LogP contribution >= 0.6 is 0 Å². The van der Waals surface area contributed by atoms with Gasteiger partial charge < -0.3 is 16.0 Å². The van der Waals surface area contributed by atoms with Crippen LogP contribution in [0.25, 0.3) is 0 Å². The van der Waals surface area contributed by atoms with E-state index < -0.39 is 0 Å². The van der Waals surface area contributed by atoms with Gasteiger partial charge in [-0.05, 0) is 25.7 Å². The van der Waals surface area contributed by atoms with Crippen molar-refractivity contribution in [3.05, 3.63) is 0 Å². The van der Waals surface area contributed by atoms with Gasteiger partial charge in [0.15, 0.2) is 0 Å². The average Bonchev–Trinajstić information content (AvgIpc) is 2.67. The molecule has 0 aromatic heterocycles. The fourth-order valence-corrected chi connectivity index (χ4v) is 3.06. The van der Waals surface area contributed by atoms with Crippen LogP contribution in [0, 0.1) is 5.92 Å². The smallest absolute Gasteiger partial charge is 0.317 e. The molecule has 3 N–H and O–H groups in total. The number of carbonyl (C=O) groups is 2. The second-order valence-electron chi connectivity index (χ2n) is 5.80. The lowest BCUT2D eigenvalue weighted by Crippen LogP contribution is -2.49. The Morgan fingerprint density at radius 2 is 1.53 bits per heavy atom. The van der Waals surface area contributed by atoms with Crippen LogP contribution in [0.15, 0.2) is 0 Å². The van der Waals surface area contributed by atoms with Gasteiger partial charge in [-0.2, -0.15) is 0 Å². The summed E-state index contributed by atoms with van der Waals surface area (Å²) in [7, 11) is 0. The molecule has 2 fully saturated rings. The Morgan fingerprint density at radius 3 is 2.05 bits per heavy atom. The van der Waals surface area contributed by atoms with Crippen molar-refractivity contribution in [1.29, 1.82) is 0 Å². The molecule has 0 aromatic carbocycles. The maximum absolute atomic E-state index is 12.2. The molecule has 5 nitrogen and oxygen atoms in total. The van der Waals surface area contributed by atoms with Gasteiger partial charge in [-0.3, -0.25) is 4.79 Å². The maximum atomic E-state index is 12.2. The molecule has 1 heterocycles. The number of carbonyl (C=O) groups excluding carboxylic acids is 2. The Labute approximate surface area is 114 Å². The molecule has 1 saturated heterocycles. The monoisotopic (exact) mass is 267 g/mol. The zero-order chi connectivity index (χ0) is 13.7. The number of piperidine rings is 1. The largest absolute Gasteiger partial charge is 0.369 e. The van der Waals surface area contributed by atoms with Gasteiger partial charge in [0.2, 0.25) is 5.91 Å². The Morgan fingerprint density at radius 1 is 0.947 bits per heavy atom. The van der Waals surface area contributed by atoms with E-state index in [0.29, 0.717) is 32.0 Å². The number of likely N-dealkylation sites (tertiary alicyclic amines) is 1. The van der Waals surface area contributed by atoms with Crippen molar-refractivity contribution in [3.8, 4) is 0 Å². The van der Waals surface area contributed by atoms with Crippen LogP contribution in [0.4, 0.5) is 4.79 Å². The highest BCUT2D eigenvalue weighted by molar-refractivity contribution is 5.78. The predicted molar refractivity (Wildman–Crippen MR) is 73.5 cm³/mol. The molecule has 1 saturated carbocycles. The van der Waals surface area contributed by atoms with Crippen molar-refractivity contribution < 1.29 is 9.59 Å². The first-order valence-electron chi connectivity index (χ1n) is 7.51. The van der Waals surface area contributed by atoms with Gasteiger partial charge in [-0.1, -0.05) is 25.7 Å². The summed E-state index contributed by atoms with van der Waals surface area (Å²) in [5.74, 6) is -0.286. The van der Waals surface area contributed by atoms with Gasteiger partial charge in [-0.25, -0.2) is 4.79 Å². The molecule has 2 aliphatic rings. The summed E-state index contributed by atoms with van der Waals surface area (Å²) in [5, 5.41) is 3.14. The van der Waals surface area contributed by atoms with E-state index >= 15 is 0 Å². The molecule has 0 atom stereocenters. The Balaban J connectivity index is 1.76. The zero-order valence-electron chi connectivity index (χ0n) is 11.6. The molecule has 0 radical (unpaired) electrons. The topological polar surface area (TPSA) is 75.4 Å². The second-order valence-corrected chi connectivity index (χ2v) is 5.80. The van der Waals surface area contributed by atoms with E-state index in [-0.39, 0.29) is 17.9 Å².